The van der Waals surface area contributed by atoms with Gasteiger partial charge in [-0.15, -0.1) is 0 Å². The zero-order valence-corrected chi connectivity index (χ0v) is 19.8. The largest absolute Gasteiger partial charge is 0.480 e. The van der Waals surface area contributed by atoms with E-state index in [2.05, 4.69) is 10.5 Å². The Morgan fingerprint density at radius 2 is 1.62 bits per heavy atom. The second-order valence-electron chi connectivity index (χ2n) is 9.91. The maximum absolute atomic E-state index is 13.4. The van der Waals surface area contributed by atoms with Gasteiger partial charge in [-0.05, 0) is 60.6 Å². The fourth-order valence-electron chi connectivity index (χ4n) is 3.41. The molecule has 0 aliphatic carbocycles. The highest BCUT2D eigenvalue weighted by atomic mass is 16.6. The number of esters is 1. The second-order valence-corrected chi connectivity index (χ2v) is 9.91. The highest BCUT2D eigenvalue weighted by Crippen LogP contribution is 2.37. The Morgan fingerprint density at radius 1 is 1.06 bits per heavy atom. The summed E-state index contributed by atoms with van der Waals surface area (Å²) in [6.45, 7) is 11.6. The molecular formula is C23H33N3O6. The average Bonchev–Trinajstić information content (AvgIpc) is 2.64. The number of carboxylic acid groups (broad SMARTS) is 1. The van der Waals surface area contributed by atoms with Crippen LogP contribution in [0.3, 0.4) is 0 Å². The average molecular weight is 448 g/mol. The monoisotopic (exact) mass is 447 g/mol. The molecule has 2 unspecified atom stereocenters. The van der Waals surface area contributed by atoms with E-state index in [0.29, 0.717) is 5.69 Å². The van der Waals surface area contributed by atoms with Gasteiger partial charge in [0, 0.05) is 13.0 Å². The van der Waals surface area contributed by atoms with Gasteiger partial charge in [-0.2, -0.15) is 5.10 Å². The van der Waals surface area contributed by atoms with E-state index in [1.165, 1.54) is 6.92 Å². The summed E-state index contributed by atoms with van der Waals surface area (Å²) in [6.07, 6.45) is -0.645. The third kappa shape index (κ3) is 5.99. The Balaban J connectivity index is 2.53. The first-order chi connectivity index (χ1) is 14.6. The van der Waals surface area contributed by atoms with Crippen LogP contribution in [0.2, 0.25) is 0 Å². The summed E-state index contributed by atoms with van der Waals surface area (Å²) in [5.41, 5.74) is 0.403. The summed E-state index contributed by atoms with van der Waals surface area (Å²) in [4.78, 5) is 39.7. The van der Waals surface area contributed by atoms with Crippen molar-refractivity contribution in [2.45, 2.75) is 72.1 Å². The van der Waals surface area contributed by atoms with Crippen LogP contribution in [0.4, 0.5) is 10.5 Å². The molecule has 1 amide bonds. The number of carbonyl (C=O) groups excluding carboxylic acids is 2. The molecule has 9 heteroatoms. The number of para-hydroxylation sites is 1. The summed E-state index contributed by atoms with van der Waals surface area (Å²) in [5.74, 6) is -2.13. The number of aliphatic carboxylic acids is 1. The molecule has 0 aromatic heterocycles. The van der Waals surface area contributed by atoms with Crippen LogP contribution in [-0.2, 0) is 19.1 Å². The predicted molar refractivity (Wildman–Crippen MR) is 120 cm³/mol. The van der Waals surface area contributed by atoms with Crippen molar-refractivity contribution >= 4 is 29.4 Å². The van der Waals surface area contributed by atoms with Gasteiger partial charge >= 0.3 is 18.0 Å². The van der Waals surface area contributed by atoms with Crippen LogP contribution < -0.4 is 5.43 Å². The first kappa shape index (κ1) is 25.2. The molecule has 2 atom stereocenters. The topological polar surface area (TPSA) is 118 Å². The Morgan fingerprint density at radius 3 is 2.12 bits per heavy atom. The number of amides is 1. The molecule has 0 saturated carbocycles. The molecule has 1 aliphatic heterocycles. The van der Waals surface area contributed by atoms with Gasteiger partial charge in [-0.25, -0.2) is 9.59 Å². The highest BCUT2D eigenvalue weighted by molar-refractivity contribution is 6.12. The quantitative estimate of drug-likeness (QED) is 0.531. The number of carboxylic acids is 1. The fourth-order valence-corrected chi connectivity index (χ4v) is 3.41. The van der Waals surface area contributed by atoms with Gasteiger partial charge in [0.05, 0.1) is 11.4 Å². The third-order valence-corrected chi connectivity index (χ3v) is 4.83. The maximum Gasteiger partial charge on any atom is 0.411 e. The molecule has 0 spiro atoms. The van der Waals surface area contributed by atoms with Crippen LogP contribution in [0, 0.1) is 5.41 Å². The molecule has 176 valence electrons. The summed E-state index contributed by atoms with van der Waals surface area (Å²) in [6, 6.07) is 7.51. The van der Waals surface area contributed by atoms with Gasteiger partial charge in [-0.3, -0.25) is 15.1 Å². The molecule has 1 aromatic carbocycles. The van der Waals surface area contributed by atoms with Crippen LogP contribution in [0.5, 0.6) is 0 Å². The standard InChI is InChI=1S/C23H33N3O6/c1-21(2,3)31-19(29)23(7)16(25-24-15-11-9-8-10-12-15)13-14-26(17(23)18(27)28)20(30)32-22(4,5)6/h8-12,17,24H,13-14H2,1-7H3,(H,27,28). The van der Waals surface area contributed by atoms with Crippen molar-refractivity contribution < 1.29 is 29.0 Å². The number of hydrazone groups is 1. The van der Waals surface area contributed by atoms with Crippen molar-refractivity contribution in [1.82, 2.24) is 4.90 Å². The van der Waals surface area contributed by atoms with Gasteiger partial charge in [0.2, 0.25) is 0 Å². The lowest BCUT2D eigenvalue weighted by Gasteiger charge is -2.45. The number of ether oxygens (including phenoxy) is 2. The fraction of sp³-hybridized carbons (Fsp3) is 0.565. The zero-order chi connectivity index (χ0) is 24.3. The molecule has 9 nitrogen and oxygen atoms in total. The minimum Gasteiger partial charge on any atom is -0.480 e. The van der Waals surface area contributed by atoms with Crippen LogP contribution >= 0.6 is 0 Å². The van der Waals surface area contributed by atoms with E-state index in [1.807, 2.05) is 18.2 Å². The number of rotatable bonds is 4. The Kier molecular flexibility index (Phi) is 7.22. The molecule has 1 heterocycles. The van der Waals surface area contributed by atoms with Crippen molar-refractivity contribution in [3.8, 4) is 0 Å². The van der Waals surface area contributed by atoms with Gasteiger partial charge in [0.25, 0.3) is 0 Å². The lowest BCUT2D eigenvalue weighted by Crippen LogP contribution is -2.65. The molecule has 1 fully saturated rings. The summed E-state index contributed by atoms with van der Waals surface area (Å²) in [7, 11) is 0. The van der Waals surface area contributed by atoms with Crippen LogP contribution in [0.15, 0.2) is 35.4 Å². The van der Waals surface area contributed by atoms with E-state index in [4.69, 9.17) is 9.47 Å². The molecular weight excluding hydrogens is 414 g/mol. The minimum absolute atomic E-state index is 0.0274. The lowest BCUT2D eigenvalue weighted by atomic mass is 9.72. The Hall–Kier alpha value is -3.10. The highest BCUT2D eigenvalue weighted by Gasteiger charge is 2.58. The van der Waals surface area contributed by atoms with Gasteiger partial charge in [-0.1, -0.05) is 18.2 Å². The van der Waals surface area contributed by atoms with Crippen molar-refractivity contribution in [2.75, 3.05) is 12.0 Å². The number of likely N-dealkylation sites (tertiary alicyclic amines) is 1. The van der Waals surface area contributed by atoms with Crippen molar-refractivity contribution in [3.63, 3.8) is 0 Å². The number of hydrogen-bond donors (Lipinski definition) is 2. The number of anilines is 1. The number of nitrogens with zero attached hydrogens (tertiary/aromatic N) is 2. The Labute approximate surface area is 188 Å². The van der Waals surface area contributed by atoms with E-state index < -0.39 is 40.7 Å². The maximum atomic E-state index is 13.4. The number of hydrogen-bond acceptors (Lipinski definition) is 7. The molecule has 1 saturated heterocycles. The van der Waals surface area contributed by atoms with Crippen LogP contribution in [-0.4, -0.2) is 57.5 Å². The summed E-state index contributed by atoms with van der Waals surface area (Å²) in [5, 5.41) is 14.5. The second kappa shape index (κ2) is 9.18. The molecule has 0 radical (unpaired) electrons. The molecule has 2 rings (SSSR count). The van der Waals surface area contributed by atoms with Crippen LogP contribution in [0.1, 0.15) is 54.9 Å². The molecule has 1 aliphatic rings. The molecule has 32 heavy (non-hydrogen) atoms. The van der Waals surface area contributed by atoms with E-state index in [9.17, 15) is 19.5 Å². The van der Waals surface area contributed by atoms with Crippen molar-refractivity contribution in [1.29, 1.82) is 0 Å². The number of benzene rings is 1. The summed E-state index contributed by atoms with van der Waals surface area (Å²) >= 11 is 0. The van der Waals surface area contributed by atoms with Gasteiger partial charge < -0.3 is 14.6 Å². The Bertz CT molecular complexity index is 885. The number of carbonyl (C=O) groups is 3. The SMILES string of the molecule is CC(C)(C)OC(=O)N1CCC(=NNc2ccccc2)C(C)(C(=O)OC(C)(C)C)C1C(=O)O. The van der Waals surface area contributed by atoms with Gasteiger partial charge in [0.15, 0.2) is 6.04 Å². The van der Waals surface area contributed by atoms with Gasteiger partial charge in [0.1, 0.15) is 16.6 Å². The van der Waals surface area contributed by atoms with E-state index in [-0.39, 0.29) is 18.7 Å². The van der Waals surface area contributed by atoms with E-state index in [1.54, 1.807) is 53.7 Å². The third-order valence-electron chi connectivity index (χ3n) is 4.83. The molecule has 2 N–H and O–H groups in total. The smallest absolute Gasteiger partial charge is 0.411 e. The molecule has 1 aromatic rings. The predicted octanol–water partition coefficient (Wildman–Crippen LogP) is 3.90. The lowest BCUT2D eigenvalue weighted by molar-refractivity contribution is -0.171. The van der Waals surface area contributed by atoms with Crippen LogP contribution in [0.25, 0.3) is 0 Å². The first-order valence-corrected chi connectivity index (χ1v) is 10.5. The number of piperidine rings is 1. The normalized spacial score (nSPS) is 22.9. The molecule has 0 bridgehead atoms. The summed E-state index contributed by atoms with van der Waals surface area (Å²) < 4.78 is 11.0. The number of nitrogens with one attached hydrogen (secondary N) is 1. The first-order valence-electron chi connectivity index (χ1n) is 10.5. The minimum atomic E-state index is -1.74. The van der Waals surface area contributed by atoms with E-state index >= 15 is 0 Å². The zero-order valence-electron chi connectivity index (χ0n) is 19.8. The van der Waals surface area contributed by atoms with Crippen molar-refractivity contribution in [2.24, 2.45) is 10.5 Å². The van der Waals surface area contributed by atoms with Crippen molar-refractivity contribution in [3.05, 3.63) is 30.3 Å². The van der Waals surface area contributed by atoms with E-state index in [0.717, 1.165) is 4.90 Å².